The molecule has 18 heavy (non-hydrogen) atoms. The van der Waals surface area contributed by atoms with Crippen LogP contribution in [0.4, 0.5) is 11.4 Å². The van der Waals surface area contributed by atoms with E-state index in [0.717, 1.165) is 5.69 Å². The molecule has 0 saturated heterocycles. The van der Waals surface area contributed by atoms with Crippen molar-refractivity contribution in [2.45, 2.75) is 0 Å². The van der Waals surface area contributed by atoms with E-state index in [2.05, 4.69) is 10.3 Å². The number of amides is 1. The number of anilines is 2. The summed E-state index contributed by atoms with van der Waals surface area (Å²) in [5.74, 6) is -0.664. The van der Waals surface area contributed by atoms with Crippen molar-refractivity contribution >= 4 is 40.5 Å². The van der Waals surface area contributed by atoms with Gasteiger partial charge in [0, 0.05) is 5.69 Å². The number of carbonyl (C=O) groups is 1. The minimum absolute atomic E-state index is 0.0200. The summed E-state index contributed by atoms with van der Waals surface area (Å²) in [6.45, 7) is 0. The highest BCUT2D eigenvalue weighted by Gasteiger charge is 2.15. The Morgan fingerprint density at radius 2 is 1.89 bits per heavy atom. The smallest absolute Gasteiger partial charge is 0.253 e. The van der Waals surface area contributed by atoms with E-state index in [9.17, 15) is 4.79 Å². The van der Waals surface area contributed by atoms with Gasteiger partial charge in [-0.3, -0.25) is 4.79 Å². The summed E-state index contributed by atoms with van der Waals surface area (Å²) in [4.78, 5) is 15.1. The number of primary amides is 1. The quantitative estimate of drug-likeness (QED) is 0.849. The van der Waals surface area contributed by atoms with Gasteiger partial charge in [0.2, 0.25) is 0 Å². The highest BCUT2D eigenvalue weighted by atomic mass is 35.5. The standard InChI is InChI=1S/C12H9Cl2N3O/c13-9-6-8(10(12(15)18)11(14)17-9)16-7-4-2-1-3-5-7/h1-6H,(H2,15,18)(H,16,17). The summed E-state index contributed by atoms with van der Waals surface area (Å²) in [6, 6.07) is 10.8. The van der Waals surface area contributed by atoms with E-state index < -0.39 is 5.91 Å². The highest BCUT2D eigenvalue weighted by Crippen LogP contribution is 2.28. The second kappa shape index (κ2) is 5.25. The van der Waals surface area contributed by atoms with E-state index in [4.69, 9.17) is 28.9 Å². The van der Waals surface area contributed by atoms with Gasteiger partial charge in [0.15, 0.2) is 0 Å². The van der Waals surface area contributed by atoms with Crippen LogP contribution < -0.4 is 11.1 Å². The normalized spacial score (nSPS) is 10.1. The van der Waals surface area contributed by atoms with Gasteiger partial charge in [0.1, 0.15) is 15.9 Å². The van der Waals surface area contributed by atoms with Crippen LogP contribution in [0.1, 0.15) is 10.4 Å². The summed E-state index contributed by atoms with van der Waals surface area (Å²) in [5, 5.41) is 3.19. The van der Waals surface area contributed by atoms with Crippen molar-refractivity contribution in [2.75, 3.05) is 5.32 Å². The molecule has 1 heterocycles. The molecule has 1 amide bonds. The predicted molar refractivity (Wildman–Crippen MR) is 72.5 cm³/mol. The first kappa shape index (κ1) is 12.7. The summed E-state index contributed by atoms with van der Waals surface area (Å²) >= 11 is 11.7. The number of nitrogens with two attached hydrogens (primary N) is 1. The first-order valence-corrected chi connectivity index (χ1v) is 5.81. The van der Waals surface area contributed by atoms with Gasteiger partial charge in [0.05, 0.1) is 5.69 Å². The monoisotopic (exact) mass is 281 g/mol. The van der Waals surface area contributed by atoms with E-state index in [-0.39, 0.29) is 15.9 Å². The van der Waals surface area contributed by atoms with Gasteiger partial charge in [-0.25, -0.2) is 4.98 Å². The van der Waals surface area contributed by atoms with Crippen LogP contribution in [0.25, 0.3) is 0 Å². The second-order valence-electron chi connectivity index (χ2n) is 3.51. The van der Waals surface area contributed by atoms with E-state index >= 15 is 0 Å². The molecule has 3 N–H and O–H groups in total. The Balaban J connectivity index is 2.46. The van der Waals surface area contributed by atoms with E-state index in [1.807, 2.05) is 30.3 Å². The summed E-state index contributed by atoms with van der Waals surface area (Å²) < 4.78 is 0. The number of rotatable bonds is 3. The van der Waals surface area contributed by atoms with Gasteiger partial charge < -0.3 is 11.1 Å². The molecular formula is C12H9Cl2N3O. The Morgan fingerprint density at radius 1 is 1.22 bits per heavy atom. The first-order chi connectivity index (χ1) is 8.58. The van der Waals surface area contributed by atoms with Gasteiger partial charge in [0.25, 0.3) is 5.91 Å². The zero-order chi connectivity index (χ0) is 13.1. The van der Waals surface area contributed by atoms with Gasteiger partial charge in [-0.1, -0.05) is 41.4 Å². The van der Waals surface area contributed by atoms with Crippen LogP contribution in [0.3, 0.4) is 0 Å². The number of hydrogen-bond donors (Lipinski definition) is 2. The molecule has 1 aromatic carbocycles. The Bertz CT molecular complexity index is 587. The van der Waals surface area contributed by atoms with Crippen molar-refractivity contribution in [3.05, 3.63) is 52.3 Å². The molecule has 0 bridgehead atoms. The van der Waals surface area contributed by atoms with Crippen molar-refractivity contribution in [3.8, 4) is 0 Å². The van der Waals surface area contributed by atoms with Crippen molar-refractivity contribution in [3.63, 3.8) is 0 Å². The van der Waals surface area contributed by atoms with Crippen LogP contribution in [-0.4, -0.2) is 10.9 Å². The molecule has 0 aliphatic heterocycles. The number of halogens is 2. The summed E-state index contributed by atoms with van der Waals surface area (Å²) in [5.41, 5.74) is 6.61. The van der Waals surface area contributed by atoms with Crippen LogP contribution >= 0.6 is 23.2 Å². The summed E-state index contributed by atoms with van der Waals surface area (Å²) in [6.07, 6.45) is 0. The Hall–Kier alpha value is -1.78. The molecule has 0 radical (unpaired) electrons. The number of aromatic nitrogens is 1. The molecule has 0 unspecified atom stereocenters. The first-order valence-electron chi connectivity index (χ1n) is 5.06. The Labute approximate surface area is 114 Å². The minimum Gasteiger partial charge on any atom is -0.365 e. The lowest BCUT2D eigenvalue weighted by Crippen LogP contribution is -2.15. The summed E-state index contributed by atoms with van der Waals surface area (Å²) in [7, 11) is 0. The van der Waals surface area contributed by atoms with Crippen molar-refractivity contribution < 1.29 is 4.79 Å². The van der Waals surface area contributed by atoms with Crippen molar-refractivity contribution in [1.29, 1.82) is 0 Å². The number of nitrogens with one attached hydrogen (secondary N) is 1. The van der Waals surface area contributed by atoms with Crippen LogP contribution in [0.5, 0.6) is 0 Å². The number of carbonyl (C=O) groups excluding carboxylic acids is 1. The maximum atomic E-state index is 11.4. The van der Waals surface area contributed by atoms with Gasteiger partial charge in [-0.05, 0) is 18.2 Å². The molecule has 2 aromatic rings. The lowest BCUT2D eigenvalue weighted by Gasteiger charge is -2.11. The molecule has 0 spiro atoms. The van der Waals surface area contributed by atoms with Gasteiger partial charge in [-0.15, -0.1) is 0 Å². The van der Waals surface area contributed by atoms with E-state index in [1.165, 1.54) is 6.07 Å². The molecule has 0 saturated carbocycles. The molecular weight excluding hydrogens is 273 g/mol. The van der Waals surface area contributed by atoms with Crippen molar-refractivity contribution in [2.24, 2.45) is 5.73 Å². The molecule has 2 rings (SSSR count). The number of hydrogen-bond acceptors (Lipinski definition) is 3. The average molecular weight is 282 g/mol. The maximum Gasteiger partial charge on any atom is 0.253 e. The van der Waals surface area contributed by atoms with Gasteiger partial charge >= 0.3 is 0 Å². The zero-order valence-corrected chi connectivity index (χ0v) is 10.7. The molecule has 1 aromatic heterocycles. The predicted octanol–water partition coefficient (Wildman–Crippen LogP) is 3.23. The molecule has 0 fully saturated rings. The third-order valence-corrected chi connectivity index (χ3v) is 2.71. The Morgan fingerprint density at radius 3 is 2.50 bits per heavy atom. The van der Waals surface area contributed by atoms with Crippen LogP contribution in [0.15, 0.2) is 36.4 Å². The second-order valence-corrected chi connectivity index (χ2v) is 4.26. The van der Waals surface area contributed by atoms with Crippen molar-refractivity contribution in [1.82, 2.24) is 4.98 Å². The zero-order valence-electron chi connectivity index (χ0n) is 9.15. The molecule has 0 aliphatic carbocycles. The fourth-order valence-corrected chi connectivity index (χ4v) is 2.02. The van der Waals surface area contributed by atoms with Crippen LogP contribution in [0, 0.1) is 0 Å². The number of benzene rings is 1. The number of nitrogens with zero attached hydrogens (tertiary/aromatic N) is 1. The lowest BCUT2D eigenvalue weighted by molar-refractivity contribution is 0.100. The topological polar surface area (TPSA) is 68.0 Å². The maximum absolute atomic E-state index is 11.4. The minimum atomic E-state index is -0.664. The third kappa shape index (κ3) is 2.72. The fraction of sp³-hybridized carbons (Fsp3) is 0. The lowest BCUT2D eigenvalue weighted by atomic mass is 10.2. The van der Waals surface area contributed by atoms with E-state index in [0.29, 0.717) is 5.69 Å². The molecule has 0 atom stereocenters. The fourth-order valence-electron chi connectivity index (χ4n) is 1.49. The van der Waals surface area contributed by atoms with Gasteiger partial charge in [-0.2, -0.15) is 0 Å². The highest BCUT2D eigenvalue weighted by molar-refractivity contribution is 6.35. The number of para-hydroxylation sites is 1. The average Bonchev–Trinajstić information content (AvgIpc) is 2.28. The largest absolute Gasteiger partial charge is 0.365 e. The van der Waals surface area contributed by atoms with Crippen LogP contribution in [-0.2, 0) is 0 Å². The van der Waals surface area contributed by atoms with Crippen LogP contribution in [0.2, 0.25) is 10.3 Å². The SMILES string of the molecule is NC(=O)c1c(Nc2ccccc2)cc(Cl)nc1Cl. The molecule has 6 heteroatoms. The Kier molecular flexibility index (Phi) is 3.69. The third-order valence-electron chi connectivity index (χ3n) is 2.24. The van der Waals surface area contributed by atoms with E-state index in [1.54, 1.807) is 0 Å². The number of pyridine rings is 1. The molecule has 92 valence electrons. The molecule has 0 aliphatic rings. The molecule has 4 nitrogen and oxygen atoms in total.